The van der Waals surface area contributed by atoms with E-state index in [0.29, 0.717) is 29.7 Å². The average Bonchev–Trinajstić information content (AvgIpc) is 2.21. The molecule has 1 heterocycles. The van der Waals surface area contributed by atoms with E-state index in [9.17, 15) is 0 Å². The molecule has 0 spiro atoms. The van der Waals surface area contributed by atoms with Crippen molar-refractivity contribution in [2.24, 2.45) is 5.73 Å². The van der Waals surface area contributed by atoms with Gasteiger partial charge in [0.25, 0.3) is 0 Å². The van der Waals surface area contributed by atoms with Crippen molar-refractivity contribution in [2.75, 3.05) is 6.61 Å². The Morgan fingerprint density at radius 1 is 1.57 bits per heavy atom. The molecule has 3 nitrogen and oxygen atoms in total. The lowest BCUT2D eigenvalue weighted by molar-refractivity contribution is 0.347. The summed E-state index contributed by atoms with van der Waals surface area (Å²) in [7, 11) is 0. The number of pyridine rings is 1. The molecule has 76 valence electrons. The Hall–Kier alpha value is -1.06. The molecule has 4 heteroatoms. The molecule has 0 atom stereocenters. The van der Waals surface area contributed by atoms with Gasteiger partial charge in [0.15, 0.2) is 0 Å². The first-order chi connectivity index (χ1) is 6.77. The van der Waals surface area contributed by atoms with Gasteiger partial charge in [-0.2, -0.15) is 0 Å². The molecule has 1 rings (SSSR count). The van der Waals surface area contributed by atoms with Crippen molar-refractivity contribution in [3.63, 3.8) is 0 Å². The molecule has 0 amide bonds. The fourth-order valence-corrected chi connectivity index (χ4v) is 1.10. The molecule has 14 heavy (non-hydrogen) atoms. The molecular weight excluding hydrogens is 200 g/mol. The first kappa shape index (κ1) is 11.0. The minimum atomic E-state index is 0.319. The van der Waals surface area contributed by atoms with E-state index >= 15 is 0 Å². The number of hydrogen-bond acceptors (Lipinski definition) is 3. The van der Waals surface area contributed by atoms with Crippen LogP contribution in [0.25, 0.3) is 0 Å². The minimum absolute atomic E-state index is 0.319. The van der Waals surface area contributed by atoms with E-state index in [1.54, 1.807) is 12.1 Å². The maximum atomic E-state index is 5.85. The molecule has 0 aromatic carbocycles. The third kappa shape index (κ3) is 3.01. The number of nitrogens with two attached hydrogens (primary N) is 1. The number of rotatable bonds is 4. The summed E-state index contributed by atoms with van der Waals surface area (Å²) in [5, 5.41) is 0.575. The predicted octanol–water partition coefficient (Wildman–Crippen LogP) is 2.15. The van der Waals surface area contributed by atoms with Crippen LogP contribution in [0.5, 0.6) is 5.88 Å². The number of aromatic nitrogens is 1. The van der Waals surface area contributed by atoms with Crippen LogP contribution in [-0.4, -0.2) is 11.6 Å². The Morgan fingerprint density at radius 3 is 3.00 bits per heavy atom. The van der Waals surface area contributed by atoms with E-state index in [0.717, 1.165) is 0 Å². The lowest BCUT2D eigenvalue weighted by Gasteiger charge is -2.05. The van der Waals surface area contributed by atoms with Crippen LogP contribution in [-0.2, 0) is 6.54 Å². The van der Waals surface area contributed by atoms with Gasteiger partial charge in [-0.25, -0.2) is 4.98 Å². The van der Waals surface area contributed by atoms with Crippen molar-refractivity contribution >= 4 is 11.6 Å². The van der Waals surface area contributed by atoms with E-state index in [-0.39, 0.29) is 0 Å². The Morgan fingerprint density at radius 2 is 2.36 bits per heavy atom. The van der Waals surface area contributed by atoms with Gasteiger partial charge in [-0.15, -0.1) is 0 Å². The molecule has 0 fully saturated rings. The Balaban J connectivity index is 2.69. The van der Waals surface area contributed by atoms with Gasteiger partial charge in [0.05, 0.1) is 10.7 Å². The summed E-state index contributed by atoms with van der Waals surface area (Å²) in [6.07, 6.45) is 3.82. The normalized spacial score (nSPS) is 10.8. The summed E-state index contributed by atoms with van der Waals surface area (Å²) in [6.45, 7) is 2.76. The third-order valence-electron chi connectivity index (χ3n) is 1.65. The quantitative estimate of drug-likeness (QED) is 0.778. The topological polar surface area (TPSA) is 48.1 Å². The molecule has 0 aliphatic carbocycles. The maximum absolute atomic E-state index is 5.85. The van der Waals surface area contributed by atoms with Gasteiger partial charge in [-0.3, -0.25) is 0 Å². The Kier molecular flexibility index (Phi) is 4.43. The van der Waals surface area contributed by atoms with Crippen LogP contribution in [0.4, 0.5) is 0 Å². The van der Waals surface area contributed by atoms with Crippen LogP contribution in [0.2, 0.25) is 5.02 Å². The fraction of sp³-hybridized carbons (Fsp3) is 0.300. The maximum Gasteiger partial charge on any atom is 0.213 e. The molecule has 0 saturated heterocycles. The smallest absolute Gasteiger partial charge is 0.213 e. The van der Waals surface area contributed by atoms with Gasteiger partial charge in [0.2, 0.25) is 5.88 Å². The van der Waals surface area contributed by atoms with Crippen LogP contribution in [0, 0.1) is 0 Å². The molecule has 2 N–H and O–H groups in total. The van der Waals surface area contributed by atoms with Crippen LogP contribution < -0.4 is 10.5 Å². The summed E-state index contributed by atoms with van der Waals surface area (Å²) in [5.41, 5.74) is 6.11. The highest BCUT2D eigenvalue weighted by Crippen LogP contribution is 2.17. The van der Waals surface area contributed by atoms with E-state index < -0.39 is 0 Å². The van der Waals surface area contributed by atoms with E-state index in [2.05, 4.69) is 4.98 Å². The second-order valence-corrected chi connectivity index (χ2v) is 3.07. The zero-order chi connectivity index (χ0) is 10.4. The van der Waals surface area contributed by atoms with E-state index in [1.807, 2.05) is 19.1 Å². The van der Waals surface area contributed by atoms with Gasteiger partial charge in [0.1, 0.15) is 6.61 Å². The van der Waals surface area contributed by atoms with Crippen molar-refractivity contribution in [1.82, 2.24) is 4.98 Å². The molecule has 1 aromatic rings. The van der Waals surface area contributed by atoms with Gasteiger partial charge in [0, 0.05) is 12.6 Å². The molecule has 0 bridgehead atoms. The molecule has 0 aliphatic heterocycles. The second-order valence-electron chi connectivity index (χ2n) is 2.66. The number of ether oxygens (including phenoxy) is 1. The third-order valence-corrected chi connectivity index (χ3v) is 1.99. The number of nitrogens with zero attached hydrogens (tertiary/aromatic N) is 1. The van der Waals surface area contributed by atoms with E-state index in [4.69, 9.17) is 22.1 Å². The lowest BCUT2D eigenvalue weighted by atomic mass is 10.3. The monoisotopic (exact) mass is 212 g/mol. The van der Waals surface area contributed by atoms with Crippen molar-refractivity contribution in [3.05, 3.63) is 35.0 Å². The zero-order valence-corrected chi connectivity index (χ0v) is 8.79. The molecule has 0 aliphatic rings. The SMILES string of the molecule is CC=CCOc1ccc(Cl)c(CN)n1. The van der Waals surface area contributed by atoms with Gasteiger partial charge >= 0.3 is 0 Å². The van der Waals surface area contributed by atoms with Crippen LogP contribution in [0.1, 0.15) is 12.6 Å². The summed E-state index contributed by atoms with van der Waals surface area (Å²) in [4.78, 5) is 4.15. The summed E-state index contributed by atoms with van der Waals surface area (Å²) >= 11 is 5.85. The Bertz CT molecular complexity index is 326. The van der Waals surface area contributed by atoms with Crippen LogP contribution in [0.15, 0.2) is 24.3 Å². The van der Waals surface area contributed by atoms with Crippen molar-refractivity contribution < 1.29 is 4.74 Å². The standard InChI is InChI=1S/C10H13ClN2O/c1-2-3-6-14-10-5-4-8(11)9(7-12)13-10/h2-5H,6-7,12H2,1H3. The summed E-state index contributed by atoms with van der Waals surface area (Å²) in [6, 6.07) is 3.47. The highest BCUT2D eigenvalue weighted by atomic mass is 35.5. The van der Waals surface area contributed by atoms with Crippen LogP contribution >= 0.6 is 11.6 Å². The highest BCUT2D eigenvalue weighted by molar-refractivity contribution is 6.31. The second kappa shape index (κ2) is 5.62. The molecule has 0 radical (unpaired) electrons. The molecular formula is C10H13ClN2O. The molecule has 0 saturated carbocycles. The number of hydrogen-bond donors (Lipinski definition) is 1. The number of allylic oxidation sites excluding steroid dienone is 1. The molecule has 1 aromatic heterocycles. The highest BCUT2D eigenvalue weighted by Gasteiger charge is 2.01. The average molecular weight is 213 g/mol. The van der Waals surface area contributed by atoms with Gasteiger partial charge in [-0.05, 0) is 13.0 Å². The Labute approximate surface area is 88.5 Å². The zero-order valence-electron chi connectivity index (χ0n) is 8.03. The largest absolute Gasteiger partial charge is 0.473 e. The summed E-state index contributed by atoms with van der Waals surface area (Å²) in [5.74, 6) is 0.549. The van der Waals surface area contributed by atoms with Gasteiger partial charge in [-0.1, -0.05) is 23.8 Å². The predicted molar refractivity (Wildman–Crippen MR) is 57.4 cm³/mol. The van der Waals surface area contributed by atoms with Crippen LogP contribution in [0.3, 0.4) is 0 Å². The summed E-state index contributed by atoms with van der Waals surface area (Å²) < 4.78 is 5.33. The van der Waals surface area contributed by atoms with E-state index in [1.165, 1.54) is 0 Å². The fourth-order valence-electron chi connectivity index (χ4n) is 0.918. The first-order valence-corrected chi connectivity index (χ1v) is 4.75. The molecule has 0 unspecified atom stereocenters. The van der Waals surface area contributed by atoms with Crippen molar-refractivity contribution in [2.45, 2.75) is 13.5 Å². The van der Waals surface area contributed by atoms with Gasteiger partial charge < -0.3 is 10.5 Å². The first-order valence-electron chi connectivity index (χ1n) is 4.37. The van der Waals surface area contributed by atoms with Crippen molar-refractivity contribution in [3.8, 4) is 5.88 Å². The number of halogens is 1. The lowest BCUT2D eigenvalue weighted by Crippen LogP contribution is -2.03. The minimum Gasteiger partial charge on any atom is -0.473 e. The van der Waals surface area contributed by atoms with Crippen molar-refractivity contribution in [1.29, 1.82) is 0 Å².